The van der Waals surface area contributed by atoms with Crippen molar-refractivity contribution in [2.24, 2.45) is 0 Å². The first-order chi connectivity index (χ1) is 11.4. The Labute approximate surface area is 134 Å². The standard InChI is InChI=1S/C19H13BN2O/c1-2-8-14(9-3-1)20-22-17-12-6-5-11-16(17)21-19(22)15-10-4-7-13-18(15)23-20/h1-13H. The molecule has 2 heterocycles. The number of para-hydroxylation sites is 3. The summed E-state index contributed by atoms with van der Waals surface area (Å²) < 4.78 is 8.52. The molecule has 23 heavy (non-hydrogen) atoms. The lowest BCUT2D eigenvalue weighted by Crippen LogP contribution is -2.46. The number of hydrogen-bond donors (Lipinski definition) is 0. The second-order valence-corrected chi connectivity index (χ2v) is 5.67. The molecule has 0 amide bonds. The second-order valence-electron chi connectivity index (χ2n) is 5.67. The monoisotopic (exact) mass is 296 g/mol. The Hall–Kier alpha value is -3.01. The van der Waals surface area contributed by atoms with Crippen molar-refractivity contribution in [1.82, 2.24) is 9.46 Å². The highest BCUT2D eigenvalue weighted by atomic mass is 16.4. The van der Waals surface area contributed by atoms with E-state index in [-0.39, 0.29) is 7.05 Å². The van der Waals surface area contributed by atoms with Crippen molar-refractivity contribution in [3.8, 4) is 17.1 Å². The van der Waals surface area contributed by atoms with E-state index < -0.39 is 0 Å². The van der Waals surface area contributed by atoms with Crippen molar-refractivity contribution in [2.75, 3.05) is 0 Å². The maximum atomic E-state index is 6.33. The van der Waals surface area contributed by atoms with Crippen LogP contribution < -0.4 is 10.1 Å². The summed E-state index contributed by atoms with van der Waals surface area (Å²) >= 11 is 0. The van der Waals surface area contributed by atoms with Crippen molar-refractivity contribution >= 4 is 23.5 Å². The molecule has 0 N–H and O–H groups in total. The van der Waals surface area contributed by atoms with Gasteiger partial charge in [0.05, 0.1) is 16.6 Å². The van der Waals surface area contributed by atoms with Crippen LogP contribution in [0.4, 0.5) is 0 Å². The Morgan fingerprint density at radius 2 is 1.52 bits per heavy atom. The van der Waals surface area contributed by atoms with Crippen LogP contribution in [-0.2, 0) is 0 Å². The Morgan fingerprint density at radius 1 is 0.783 bits per heavy atom. The van der Waals surface area contributed by atoms with Gasteiger partial charge in [0.2, 0.25) is 0 Å². The fourth-order valence-electron chi connectivity index (χ4n) is 3.23. The minimum Gasteiger partial charge on any atom is -0.537 e. The van der Waals surface area contributed by atoms with Gasteiger partial charge in [-0.2, -0.15) is 0 Å². The highest BCUT2D eigenvalue weighted by Gasteiger charge is 2.34. The van der Waals surface area contributed by atoms with E-state index in [2.05, 4.69) is 28.7 Å². The summed E-state index contributed by atoms with van der Waals surface area (Å²) in [6.07, 6.45) is 0. The van der Waals surface area contributed by atoms with Crippen LogP contribution in [0, 0.1) is 0 Å². The zero-order chi connectivity index (χ0) is 15.2. The van der Waals surface area contributed by atoms with E-state index in [9.17, 15) is 0 Å². The Bertz CT molecular complexity index is 1010. The molecule has 0 saturated heterocycles. The summed E-state index contributed by atoms with van der Waals surface area (Å²) in [5.41, 5.74) is 4.23. The van der Waals surface area contributed by atoms with Crippen LogP contribution >= 0.6 is 0 Å². The average Bonchev–Trinajstić information content (AvgIpc) is 3.02. The number of hydrogen-bond acceptors (Lipinski definition) is 2. The minimum absolute atomic E-state index is 0.200. The van der Waals surface area contributed by atoms with Crippen LogP contribution in [0.1, 0.15) is 0 Å². The predicted octanol–water partition coefficient (Wildman–Crippen LogP) is 3.34. The molecule has 0 fully saturated rings. The van der Waals surface area contributed by atoms with E-state index in [1.807, 2.05) is 54.6 Å². The first kappa shape index (κ1) is 12.5. The van der Waals surface area contributed by atoms with Gasteiger partial charge in [0.1, 0.15) is 11.6 Å². The van der Waals surface area contributed by atoms with Crippen LogP contribution in [0.3, 0.4) is 0 Å². The summed E-state index contributed by atoms with van der Waals surface area (Å²) in [6, 6.07) is 26.6. The first-order valence-corrected chi connectivity index (χ1v) is 7.70. The summed E-state index contributed by atoms with van der Waals surface area (Å²) in [4.78, 5) is 4.85. The van der Waals surface area contributed by atoms with Gasteiger partial charge in [-0.05, 0) is 29.7 Å². The van der Waals surface area contributed by atoms with E-state index in [0.29, 0.717) is 0 Å². The van der Waals surface area contributed by atoms with Gasteiger partial charge >= 0.3 is 7.05 Å². The zero-order valence-electron chi connectivity index (χ0n) is 12.4. The molecular formula is C19H13BN2O. The lowest BCUT2D eigenvalue weighted by Gasteiger charge is -2.26. The van der Waals surface area contributed by atoms with E-state index in [0.717, 1.165) is 33.6 Å². The fourth-order valence-corrected chi connectivity index (χ4v) is 3.23. The molecule has 3 aromatic carbocycles. The molecule has 1 aliphatic rings. The summed E-state index contributed by atoms with van der Waals surface area (Å²) in [5.74, 6) is 1.84. The zero-order valence-corrected chi connectivity index (χ0v) is 12.4. The minimum atomic E-state index is -0.200. The average molecular weight is 296 g/mol. The van der Waals surface area contributed by atoms with E-state index in [1.165, 1.54) is 0 Å². The Balaban J connectivity index is 1.85. The molecule has 0 bridgehead atoms. The fraction of sp³-hybridized carbons (Fsp3) is 0. The molecule has 0 saturated carbocycles. The molecule has 0 spiro atoms. The Kier molecular flexibility index (Phi) is 2.59. The number of benzene rings is 3. The maximum absolute atomic E-state index is 6.33. The number of rotatable bonds is 1. The molecule has 0 aliphatic carbocycles. The quantitative estimate of drug-likeness (QED) is 0.504. The molecule has 1 aliphatic heterocycles. The molecule has 4 heteroatoms. The van der Waals surface area contributed by atoms with Crippen molar-refractivity contribution in [3.63, 3.8) is 0 Å². The van der Waals surface area contributed by atoms with Crippen LogP contribution in [-0.4, -0.2) is 16.5 Å². The van der Waals surface area contributed by atoms with Gasteiger partial charge in [-0.3, -0.25) is 0 Å². The summed E-state index contributed by atoms with van der Waals surface area (Å²) in [5, 5.41) is 0. The van der Waals surface area contributed by atoms with E-state index in [4.69, 9.17) is 9.64 Å². The van der Waals surface area contributed by atoms with Gasteiger partial charge in [-0.15, -0.1) is 0 Å². The SMILES string of the molecule is c1ccc(B2Oc3ccccc3-c3nc4ccccc4n32)cc1. The van der Waals surface area contributed by atoms with Gasteiger partial charge in [0, 0.05) is 0 Å². The van der Waals surface area contributed by atoms with Gasteiger partial charge in [0.15, 0.2) is 0 Å². The Morgan fingerprint density at radius 3 is 2.43 bits per heavy atom. The number of aromatic nitrogens is 2. The maximum Gasteiger partial charge on any atom is 0.525 e. The number of fused-ring (bicyclic) bond motifs is 5. The summed E-state index contributed by atoms with van der Waals surface area (Å²) in [6.45, 7) is 0. The van der Waals surface area contributed by atoms with Crippen molar-refractivity contribution in [3.05, 3.63) is 78.9 Å². The third kappa shape index (κ3) is 1.81. The molecule has 0 radical (unpaired) electrons. The van der Waals surface area contributed by atoms with Gasteiger partial charge < -0.3 is 9.13 Å². The van der Waals surface area contributed by atoms with Gasteiger partial charge in [-0.25, -0.2) is 4.98 Å². The highest BCUT2D eigenvalue weighted by Crippen LogP contribution is 2.36. The molecule has 108 valence electrons. The van der Waals surface area contributed by atoms with Crippen LogP contribution in [0.25, 0.3) is 22.4 Å². The molecule has 4 aromatic rings. The second kappa shape index (κ2) is 4.75. The number of nitrogens with zero attached hydrogens (tertiary/aromatic N) is 2. The predicted molar refractivity (Wildman–Crippen MR) is 93.0 cm³/mol. The molecule has 0 atom stereocenters. The third-order valence-corrected chi connectivity index (χ3v) is 4.28. The smallest absolute Gasteiger partial charge is 0.525 e. The van der Waals surface area contributed by atoms with E-state index >= 15 is 0 Å². The van der Waals surface area contributed by atoms with Crippen LogP contribution in [0.15, 0.2) is 78.9 Å². The van der Waals surface area contributed by atoms with E-state index in [1.54, 1.807) is 0 Å². The normalized spacial score (nSPS) is 12.6. The van der Waals surface area contributed by atoms with Gasteiger partial charge in [0.25, 0.3) is 0 Å². The van der Waals surface area contributed by atoms with Crippen molar-refractivity contribution < 1.29 is 4.65 Å². The third-order valence-electron chi connectivity index (χ3n) is 4.28. The molecule has 5 rings (SSSR count). The lowest BCUT2D eigenvalue weighted by molar-refractivity contribution is 0.561. The van der Waals surface area contributed by atoms with Crippen LogP contribution in [0.5, 0.6) is 5.75 Å². The van der Waals surface area contributed by atoms with Crippen molar-refractivity contribution in [2.45, 2.75) is 0 Å². The van der Waals surface area contributed by atoms with Gasteiger partial charge in [-0.1, -0.05) is 54.6 Å². The molecule has 1 aromatic heterocycles. The topological polar surface area (TPSA) is 27.1 Å². The highest BCUT2D eigenvalue weighted by molar-refractivity contribution is 6.68. The molecule has 3 nitrogen and oxygen atoms in total. The summed E-state index contributed by atoms with van der Waals surface area (Å²) in [7, 11) is -0.200. The van der Waals surface area contributed by atoms with Crippen molar-refractivity contribution in [1.29, 1.82) is 0 Å². The van der Waals surface area contributed by atoms with Crippen LogP contribution in [0.2, 0.25) is 0 Å². The molecular weight excluding hydrogens is 283 g/mol. The lowest BCUT2D eigenvalue weighted by atomic mass is 9.71. The largest absolute Gasteiger partial charge is 0.537 e. The first-order valence-electron chi connectivity index (χ1n) is 7.70. The molecule has 0 unspecified atom stereocenters. The number of imidazole rings is 1.